The second kappa shape index (κ2) is 3.40. The maximum absolute atomic E-state index is 5.94. The predicted octanol–water partition coefficient (Wildman–Crippen LogP) is 3.70. The molecule has 13 heavy (non-hydrogen) atoms. The van der Waals surface area contributed by atoms with Gasteiger partial charge in [-0.3, -0.25) is 4.98 Å². The van der Waals surface area contributed by atoms with Gasteiger partial charge < -0.3 is 0 Å². The Hall–Kier alpha value is -0.380. The molecule has 0 N–H and O–H groups in total. The molecule has 66 valence electrons. The molecule has 2 rings (SSSR count). The Balaban J connectivity index is 2.89. The van der Waals surface area contributed by atoms with Gasteiger partial charge in [0.15, 0.2) is 0 Å². The number of hydrogen-bond donors (Lipinski definition) is 0. The lowest BCUT2D eigenvalue weighted by Crippen LogP contribution is -1.85. The first-order valence-corrected chi connectivity index (χ1v) is 4.99. The van der Waals surface area contributed by atoms with E-state index in [4.69, 9.17) is 23.2 Å². The van der Waals surface area contributed by atoms with Crippen molar-refractivity contribution in [1.82, 2.24) is 9.97 Å². The van der Waals surface area contributed by atoms with Crippen LogP contribution in [0.2, 0.25) is 10.0 Å². The van der Waals surface area contributed by atoms with E-state index < -0.39 is 0 Å². The molecule has 0 aliphatic heterocycles. The summed E-state index contributed by atoms with van der Waals surface area (Å²) in [7, 11) is 0. The fourth-order valence-electron chi connectivity index (χ4n) is 0.990. The van der Waals surface area contributed by atoms with E-state index in [1.54, 1.807) is 6.07 Å². The third kappa shape index (κ3) is 1.64. The van der Waals surface area contributed by atoms with Crippen molar-refractivity contribution in [2.45, 2.75) is 0 Å². The van der Waals surface area contributed by atoms with E-state index in [-0.39, 0.29) is 0 Å². The fraction of sp³-hybridized carbons (Fsp3) is 0. The summed E-state index contributed by atoms with van der Waals surface area (Å²) < 4.78 is 0.714. The third-order valence-corrected chi connectivity index (χ3v) is 2.78. The lowest BCUT2D eigenvalue weighted by atomic mass is 10.3. The Morgan fingerprint density at radius 1 is 1.23 bits per heavy atom. The van der Waals surface area contributed by atoms with Crippen molar-refractivity contribution < 1.29 is 0 Å². The Labute approximate surface area is 93.0 Å². The molecule has 0 saturated carbocycles. The largest absolute Gasteiger partial charge is 0.253 e. The number of halogens is 3. The van der Waals surface area contributed by atoms with Crippen LogP contribution >= 0.6 is 39.1 Å². The zero-order valence-corrected chi connectivity index (χ0v) is 9.36. The van der Waals surface area contributed by atoms with Crippen LogP contribution in [-0.2, 0) is 0 Å². The van der Waals surface area contributed by atoms with Gasteiger partial charge in [0.2, 0.25) is 0 Å². The second-order valence-corrected chi connectivity index (χ2v) is 4.02. The average molecular weight is 278 g/mol. The lowest BCUT2D eigenvalue weighted by molar-refractivity contribution is 1.30. The molecule has 0 saturated heterocycles. The van der Waals surface area contributed by atoms with Crippen LogP contribution in [0.5, 0.6) is 0 Å². The van der Waals surface area contributed by atoms with E-state index in [9.17, 15) is 0 Å². The monoisotopic (exact) mass is 276 g/mol. The second-order valence-electron chi connectivity index (χ2n) is 2.42. The number of hydrogen-bond acceptors (Lipinski definition) is 2. The van der Waals surface area contributed by atoms with Crippen molar-refractivity contribution in [1.29, 1.82) is 0 Å². The first kappa shape index (κ1) is 9.19. The summed E-state index contributed by atoms with van der Waals surface area (Å²) >= 11 is 15.0. The van der Waals surface area contributed by atoms with Crippen LogP contribution in [0.3, 0.4) is 0 Å². The van der Waals surface area contributed by atoms with Crippen LogP contribution in [0.4, 0.5) is 0 Å². The molecular weight excluding hydrogens is 275 g/mol. The number of aromatic nitrogens is 2. The fourth-order valence-corrected chi connectivity index (χ4v) is 1.63. The van der Waals surface area contributed by atoms with Gasteiger partial charge in [0, 0.05) is 6.20 Å². The molecule has 0 unspecified atom stereocenters. The smallest absolute Gasteiger partial charge is 0.110 e. The van der Waals surface area contributed by atoms with Crippen LogP contribution < -0.4 is 0 Å². The van der Waals surface area contributed by atoms with Crippen molar-refractivity contribution in [2.24, 2.45) is 0 Å². The van der Waals surface area contributed by atoms with Gasteiger partial charge in [-0.2, -0.15) is 0 Å². The quantitative estimate of drug-likeness (QED) is 0.686. The minimum Gasteiger partial charge on any atom is -0.253 e. The third-order valence-electron chi connectivity index (χ3n) is 1.57. The van der Waals surface area contributed by atoms with Crippen molar-refractivity contribution >= 4 is 50.2 Å². The van der Waals surface area contributed by atoms with Crippen LogP contribution in [0, 0.1) is 0 Å². The molecule has 5 heteroatoms. The number of rotatable bonds is 0. The van der Waals surface area contributed by atoms with Gasteiger partial charge in [-0.05, 0) is 28.1 Å². The first-order chi connectivity index (χ1) is 6.18. The minimum atomic E-state index is 0.416. The summed E-state index contributed by atoms with van der Waals surface area (Å²) in [5.74, 6) is 0. The highest BCUT2D eigenvalue weighted by Gasteiger charge is 2.06. The first-order valence-electron chi connectivity index (χ1n) is 3.45. The maximum Gasteiger partial charge on any atom is 0.110 e. The number of nitrogens with zero attached hydrogens (tertiary/aromatic N) is 2. The van der Waals surface area contributed by atoms with Crippen LogP contribution in [-0.4, -0.2) is 9.97 Å². The van der Waals surface area contributed by atoms with E-state index in [2.05, 4.69) is 25.9 Å². The molecule has 2 heterocycles. The van der Waals surface area contributed by atoms with Crippen LogP contribution in [0.1, 0.15) is 0 Å². The summed E-state index contributed by atoms with van der Waals surface area (Å²) in [6.45, 7) is 0. The lowest BCUT2D eigenvalue weighted by Gasteiger charge is -2.00. The normalized spacial score (nSPS) is 10.7. The van der Waals surface area contributed by atoms with Gasteiger partial charge in [0.25, 0.3) is 0 Å². The molecule has 0 amide bonds. The number of pyridine rings is 2. The Morgan fingerprint density at radius 3 is 2.77 bits per heavy atom. The van der Waals surface area contributed by atoms with Crippen molar-refractivity contribution in [3.63, 3.8) is 0 Å². The van der Waals surface area contributed by atoms with Crippen molar-refractivity contribution in [3.05, 3.63) is 33.0 Å². The van der Waals surface area contributed by atoms with Gasteiger partial charge >= 0.3 is 0 Å². The number of fused-ring (bicyclic) bond motifs is 1. The van der Waals surface area contributed by atoms with Crippen LogP contribution in [0.25, 0.3) is 11.0 Å². The molecule has 0 spiro atoms. The zero-order chi connectivity index (χ0) is 9.42. The Kier molecular flexibility index (Phi) is 2.41. The minimum absolute atomic E-state index is 0.416. The molecule has 0 atom stereocenters. The molecule has 2 aromatic heterocycles. The zero-order valence-electron chi connectivity index (χ0n) is 6.26. The standard InChI is InChI=1S/C8H3BrCl2N2/c9-6-2-1-5-8(13-6)7(11)4(10)3-12-5/h1-3H. The highest BCUT2D eigenvalue weighted by molar-refractivity contribution is 9.10. The van der Waals surface area contributed by atoms with Gasteiger partial charge in [-0.15, -0.1) is 0 Å². The van der Waals surface area contributed by atoms with Crippen molar-refractivity contribution in [3.8, 4) is 0 Å². The molecule has 0 radical (unpaired) electrons. The molecule has 2 aromatic rings. The van der Waals surface area contributed by atoms with E-state index in [1.165, 1.54) is 6.20 Å². The highest BCUT2D eigenvalue weighted by Crippen LogP contribution is 2.28. The summed E-state index contributed by atoms with van der Waals surface area (Å²) in [4.78, 5) is 8.26. The summed E-state index contributed by atoms with van der Waals surface area (Å²) in [5.41, 5.74) is 1.35. The Bertz CT molecular complexity index is 468. The van der Waals surface area contributed by atoms with E-state index >= 15 is 0 Å². The van der Waals surface area contributed by atoms with Gasteiger partial charge in [0.05, 0.1) is 15.6 Å². The summed E-state index contributed by atoms with van der Waals surface area (Å²) in [6, 6.07) is 3.63. The van der Waals surface area contributed by atoms with Crippen molar-refractivity contribution in [2.75, 3.05) is 0 Å². The average Bonchev–Trinajstić information content (AvgIpc) is 2.12. The van der Waals surface area contributed by atoms with Gasteiger partial charge in [0.1, 0.15) is 10.1 Å². The van der Waals surface area contributed by atoms with E-state index in [0.29, 0.717) is 20.2 Å². The topological polar surface area (TPSA) is 25.8 Å². The van der Waals surface area contributed by atoms with Gasteiger partial charge in [-0.1, -0.05) is 23.2 Å². The summed E-state index contributed by atoms with van der Waals surface area (Å²) in [5, 5.41) is 0.854. The maximum atomic E-state index is 5.94. The molecule has 0 aliphatic rings. The SMILES string of the molecule is Clc1cnc2ccc(Br)nc2c1Cl. The van der Waals surface area contributed by atoms with Crippen LogP contribution in [0.15, 0.2) is 22.9 Å². The van der Waals surface area contributed by atoms with E-state index in [0.717, 1.165) is 5.52 Å². The van der Waals surface area contributed by atoms with Gasteiger partial charge in [-0.25, -0.2) is 4.98 Å². The Morgan fingerprint density at radius 2 is 2.00 bits per heavy atom. The summed E-state index contributed by atoms with van der Waals surface area (Å²) in [6.07, 6.45) is 1.52. The highest BCUT2D eigenvalue weighted by atomic mass is 79.9. The molecule has 2 nitrogen and oxygen atoms in total. The van der Waals surface area contributed by atoms with E-state index in [1.807, 2.05) is 6.07 Å². The molecule has 0 bridgehead atoms. The molecule has 0 fully saturated rings. The molecule has 0 aliphatic carbocycles. The molecule has 0 aromatic carbocycles. The predicted molar refractivity (Wildman–Crippen MR) is 57.3 cm³/mol. The molecular formula is C8H3BrCl2N2.